The number of carbonyl (C=O) groups excluding carboxylic acids is 1. The molecule has 0 aromatic rings. The number of hydrogen-bond acceptors (Lipinski definition) is 4. The van der Waals surface area contributed by atoms with E-state index in [-0.39, 0.29) is 11.9 Å². The van der Waals surface area contributed by atoms with Gasteiger partial charge in [-0.25, -0.2) is 4.79 Å². The van der Waals surface area contributed by atoms with Gasteiger partial charge >= 0.3 is 5.97 Å². The Morgan fingerprint density at radius 3 is 2.58 bits per heavy atom. The molecule has 2 aliphatic rings. The first-order chi connectivity index (χ1) is 8.89. The van der Waals surface area contributed by atoms with Crippen LogP contribution in [0.4, 0.5) is 0 Å². The highest BCUT2D eigenvalue weighted by Crippen LogP contribution is 2.47. The summed E-state index contributed by atoms with van der Waals surface area (Å²) in [6.45, 7) is 8.15. The van der Waals surface area contributed by atoms with E-state index in [1.165, 1.54) is 7.11 Å². The lowest BCUT2D eigenvalue weighted by atomic mass is 9.72. The highest BCUT2D eigenvalue weighted by molar-refractivity contribution is 5.88. The highest BCUT2D eigenvalue weighted by Gasteiger charge is 2.53. The lowest BCUT2D eigenvalue weighted by Gasteiger charge is -2.48. The molecule has 0 bridgehead atoms. The van der Waals surface area contributed by atoms with Gasteiger partial charge in [0.05, 0.1) is 7.11 Å². The molecule has 4 nitrogen and oxygen atoms in total. The average molecular weight is 268 g/mol. The summed E-state index contributed by atoms with van der Waals surface area (Å²) in [6.07, 6.45) is 2.90. The number of hydrogen-bond donors (Lipinski definition) is 0. The first-order valence-corrected chi connectivity index (χ1v) is 7.07. The van der Waals surface area contributed by atoms with Crippen molar-refractivity contribution >= 4 is 5.97 Å². The van der Waals surface area contributed by atoms with Crippen LogP contribution in [0.1, 0.15) is 47.0 Å². The Morgan fingerprint density at radius 2 is 2.00 bits per heavy atom. The van der Waals surface area contributed by atoms with E-state index < -0.39 is 5.79 Å². The van der Waals surface area contributed by atoms with Crippen molar-refractivity contribution in [2.45, 2.75) is 52.7 Å². The van der Waals surface area contributed by atoms with Crippen molar-refractivity contribution in [2.24, 2.45) is 17.8 Å². The van der Waals surface area contributed by atoms with Gasteiger partial charge in [-0.05, 0) is 31.6 Å². The van der Waals surface area contributed by atoms with Crippen LogP contribution in [-0.4, -0.2) is 18.9 Å². The molecule has 1 fully saturated rings. The minimum atomic E-state index is -0.840. The van der Waals surface area contributed by atoms with Crippen molar-refractivity contribution in [1.29, 1.82) is 0 Å². The Morgan fingerprint density at radius 1 is 1.32 bits per heavy atom. The molecule has 0 aromatic carbocycles. The molecular weight excluding hydrogens is 244 g/mol. The molecule has 2 rings (SSSR count). The third kappa shape index (κ3) is 2.45. The molecule has 4 heteroatoms. The van der Waals surface area contributed by atoms with Crippen LogP contribution in [0.2, 0.25) is 0 Å². The molecule has 108 valence electrons. The summed E-state index contributed by atoms with van der Waals surface area (Å²) in [5, 5.41) is 0. The summed E-state index contributed by atoms with van der Waals surface area (Å²) >= 11 is 0. The first kappa shape index (κ1) is 14.2. The molecule has 1 aliphatic heterocycles. The second-order valence-electron chi connectivity index (χ2n) is 6.16. The van der Waals surface area contributed by atoms with Crippen molar-refractivity contribution in [2.75, 3.05) is 7.11 Å². The number of rotatable bonds is 2. The van der Waals surface area contributed by atoms with Crippen LogP contribution in [0.3, 0.4) is 0 Å². The molecule has 3 unspecified atom stereocenters. The standard InChI is InChI=1S/C15H24O4/c1-9(2)12-7-6-10(3)8-15(12)18-13(16)11(4)14(17-5)19-15/h9-10,12H,6-8H2,1-5H3. The minimum absolute atomic E-state index is 0.214. The summed E-state index contributed by atoms with van der Waals surface area (Å²) in [7, 11) is 1.53. The van der Waals surface area contributed by atoms with Gasteiger partial charge in [-0.2, -0.15) is 0 Å². The molecule has 0 radical (unpaired) electrons. The molecule has 1 spiro atoms. The van der Waals surface area contributed by atoms with Crippen LogP contribution in [0.15, 0.2) is 11.5 Å². The molecule has 0 amide bonds. The number of methoxy groups -OCH3 is 1. The Labute approximate surface area is 115 Å². The third-order valence-corrected chi connectivity index (χ3v) is 4.30. The smallest absolute Gasteiger partial charge is 0.344 e. The van der Waals surface area contributed by atoms with Gasteiger partial charge in [-0.15, -0.1) is 0 Å². The van der Waals surface area contributed by atoms with E-state index in [0.717, 1.165) is 19.3 Å². The Bertz CT molecular complexity index is 399. The zero-order valence-corrected chi connectivity index (χ0v) is 12.5. The van der Waals surface area contributed by atoms with Gasteiger partial charge in [0, 0.05) is 12.3 Å². The third-order valence-electron chi connectivity index (χ3n) is 4.30. The average Bonchev–Trinajstić information content (AvgIpc) is 2.33. The van der Waals surface area contributed by atoms with Crippen molar-refractivity contribution < 1.29 is 19.0 Å². The maximum atomic E-state index is 12.1. The largest absolute Gasteiger partial charge is 0.468 e. The molecule has 0 saturated heterocycles. The van der Waals surface area contributed by atoms with Crippen LogP contribution < -0.4 is 0 Å². The Kier molecular flexibility index (Phi) is 3.79. The monoisotopic (exact) mass is 268 g/mol. The van der Waals surface area contributed by atoms with Crippen molar-refractivity contribution in [1.82, 2.24) is 0 Å². The zero-order chi connectivity index (χ0) is 14.2. The second kappa shape index (κ2) is 5.06. The zero-order valence-electron chi connectivity index (χ0n) is 12.5. The summed E-state index contributed by atoms with van der Waals surface area (Å²) < 4.78 is 16.9. The van der Waals surface area contributed by atoms with Gasteiger partial charge in [-0.1, -0.05) is 20.8 Å². The predicted molar refractivity (Wildman–Crippen MR) is 71.0 cm³/mol. The fourth-order valence-corrected chi connectivity index (χ4v) is 3.26. The predicted octanol–water partition coefficient (Wildman–Crippen LogP) is 3.23. The van der Waals surface area contributed by atoms with Gasteiger partial charge in [0.1, 0.15) is 5.57 Å². The summed E-state index contributed by atoms with van der Waals surface area (Å²) in [5.41, 5.74) is 0.411. The lowest BCUT2D eigenvalue weighted by molar-refractivity contribution is -0.285. The first-order valence-electron chi connectivity index (χ1n) is 7.07. The topological polar surface area (TPSA) is 44.8 Å². The van der Waals surface area contributed by atoms with E-state index in [4.69, 9.17) is 14.2 Å². The minimum Gasteiger partial charge on any atom is -0.468 e. The van der Waals surface area contributed by atoms with Crippen molar-refractivity contribution in [3.63, 3.8) is 0 Å². The molecule has 0 N–H and O–H groups in total. The van der Waals surface area contributed by atoms with E-state index >= 15 is 0 Å². The van der Waals surface area contributed by atoms with Crippen LogP contribution in [0.25, 0.3) is 0 Å². The summed E-state index contributed by atoms with van der Waals surface area (Å²) in [5.74, 6) is 0.259. The molecule has 1 aliphatic carbocycles. The van der Waals surface area contributed by atoms with Gasteiger partial charge in [0.15, 0.2) is 0 Å². The van der Waals surface area contributed by atoms with E-state index in [9.17, 15) is 4.79 Å². The van der Waals surface area contributed by atoms with E-state index in [1.807, 2.05) is 0 Å². The fourth-order valence-electron chi connectivity index (χ4n) is 3.26. The molecule has 1 heterocycles. The normalized spacial score (nSPS) is 35.4. The van der Waals surface area contributed by atoms with Crippen LogP contribution >= 0.6 is 0 Å². The molecule has 19 heavy (non-hydrogen) atoms. The number of ether oxygens (including phenoxy) is 3. The van der Waals surface area contributed by atoms with Crippen LogP contribution in [0.5, 0.6) is 0 Å². The van der Waals surface area contributed by atoms with Crippen LogP contribution in [-0.2, 0) is 19.0 Å². The molecule has 3 atom stereocenters. The van der Waals surface area contributed by atoms with E-state index in [1.54, 1.807) is 6.92 Å². The molecule has 1 saturated carbocycles. The molecular formula is C15H24O4. The Balaban J connectivity index is 2.36. The molecule has 0 aromatic heterocycles. The van der Waals surface area contributed by atoms with E-state index in [0.29, 0.717) is 23.4 Å². The van der Waals surface area contributed by atoms with Gasteiger partial charge in [-0.3, -0.25) is 0 Å². The van der Waals surface area contributed by atoms with E-state index in [2.05, 4.69) is 20.8 Å². The van der Waals surface area contributed by atoms with Crippen molar-refractivity contribution in [3.8, 4) is 0 Å². The summed E-state index contributed by atoms with van der Waals surface area (Å²) in [6, 6.07) is 0. The Hall–Kier alpha value is -1.19. The van der Waals surface area contributed by atoms with Gasteiger partial charge in [0.25, 0.3) is 11.7 Å². The number of carbonyl (C=O) groups is 1. The maximum Gasteiger partial charge on any atom is 0.344 e. The second-order valence-corrected chi connectivity index (χ2v) is 6.16. The van der Waals surface area contributed by atoms with Crippen molar-refractivity contribution in [3.05, 3.63) is 11.5 Å². The maximum absolute atomic E-state index is 12.1. The number of esters is 1. The lowest BCUT2D eigenvalue weighted by Crippen LogP contribution is -2.53. The fraction of sp³-hybridized carbons (Fsp3) is 0.800. The summed E-state index contributed by atoms with van der Waals surface area (Å²) in [4.78, 5) is 12.1. The van der Waals surface area contributed by atoms with Gasteiger partial charge in [0.2, 0.25) is 0 Å². The van der Waals surface area contributed by atoms with Gasteiger partial charge < -0.3 is 14.2 Å². The highest BCUT2D eigenvalue weighted by atomic mass is 16.8. The SMILES string of the molecule is COC1=C(C)C(=O)OC2(CC(C)CCC2C(C)C)O1. The quantitative estimate of drug-likeness (QED) is 0.721. The van der Waals surface area contributed by atoms with Crippen LogP contribution in [0, 0.1) is 17.8 Å².